The first-order chi connectivity index (χ1) is 6.29. The van der Waals surface area contributed by atoms with Gasteiger partial charge in [0.15, 0.2) is 0 Å². The minimum atomic E-state index is 0.194. The summed E-state index contributed by atoms with van der Waals surface area (Å²) in [5.74, 6) is 6.02. The molecule has 0 aromatic carbocycles. The molecule has 1 aromatic heterocycles. The largest absolute Gasteiger partial charge is 0.271 e. The molecule has 74 valence electrons. The summed E-state index contributed by atoms with van der Waals surface area (Å²) in [7, 11) is 0. The molecule has 1 aromatic rings. The number of hydrazine groups is 1. The Hall–Kier alpha value is -0.520. The van der Waals surface area contributed by atoms with Gasteiger partial charge in [0.05, 0.1) is 17.1 Å². The lowest BCUT2D eigenvalue weighted by Crippen LogP contribution is -2.31. The van der Waals surface area contributed by atoms with Crippen LogP contribution < -0.4 is 11.3 Å². The number of hydrogen-bond donors (Lipinski definition) is 2. The van der Waals surface area contributed by atoms with E-state index in [9.17, 15) is 0 Å². The van der Waals surface area contributed by atoms with Crippen LogP contribution in [0, 0.1) is 5.92 Å². The van der Waals surface area contributed by atoms with Crippen molar-refractivity contribution in [1.29, 1.82) is 0 Å². The van der Waals surface area contributed by atoms with Crippen molar-refractivity contribution in [2.24, 2.45) is 11.8 Å². The molecule has 0 radical (unpaired) electrons. The molecule has 0 saturated heterocycles. The zero-order valence-electron chi connectivity index (χ0n) is 8.03. The van der Waals surface area contributed by atoms with E-state index in [0.717, 1.165) is 11.3 Å². The van der Waals surface area contributed by atoms with Crippen LogP contribution in [0.25, 0.3) is 0 Å². The predicted octanol–water partition coefficient (Wildman–Crippen LogP) is 1.48. The van der Waals surface area contributed by atoms with Crippen molar-refractivity contribution in [3.05, 3.63) is 11.1 Å². The third-order valence-electron chi connectivity index (χ3n) is 2.18. The third kappa shape index (κ3) is 2.72. The van der Waals surface area contributed by atoms with Crippen LogP contribution in [0.3, 0.4) is 0 Å². The molecule has 0 amide bonds. The monoisotopic (exact) mass is 200 g/mol. The summed E-state index contributed by atoms with van der Waals surface area (Å²) < 4.78 is 3.83. The Labute approximate surface area is 82.7 Å². The fourth-order valence-electron chi connectivity index (χ4n) is 1.46. The molecule has 1 heterocycles. The smallest absolute Gasteiger partial charge is 0.0669 e. The standard InChI is InChI=1S/C8H16N4S/c1-3-4-6(2)8(11-9)7-5-10-12-13-7/h5-6,8,11H,3-4,9H2,1-2H3. The molecule has 4 nitrogen and oxygen atoms in total. The number of hydrogen-bond acceptors (Lipinski definition) is 5. The fraction of sp³-hybridized carbons (Fsp3) is 0.750. The molecule has 0 spiro atoms. The van der Waals surface area contributed by atoms with Gasteiger partial charge in [0.2, 0.25) is 0 Å². The molecule has 13 heavy (non-hydrogen) atoms. The van der Waals surface area contributed by atoms with Crippen molar-refractivity contribution in [3.63, 3.8) is 0 Å². The van der Waals surface area contributed by atoms with Crippen LogP contribution in [0.1, 0.15) is 37.6 Å². The minimum Gasteiger partial charge on any atom is -0.271 e. The topological polar surface area (TPSA) is 63.8 Å². The molecule has 1 rings (SSSR count). The van der Waals surface area contributed by atoms with E-state index >= 15 is 0 Å². The SMILES string of the molecule is CCCC(C)C(NN)c1cnns1. The average Bonchev–Trinajstić information content (AvgIpc) is 2.59. The van der Waals surface area contributed by atoms with Gasteiger partial charge in [-0.05, 0) is 23.9 Å². The lowest BCUT2D eigenvalue weighted by molar-refractivity contribution is 0.372. The quantitative estimate of drug-likeness (QED) is 0.558. The fourth-order valence-corrected chi connectivity index (χ4v) is 2.16. The lowest BCUT2D eigenvalue weighted by Gasteiger charge is -2.20. The molecule has 0 fully saturated rings. The van der Waals surface area contributed by atoms with Crippen LogP contribution in [0.2, 0.25) is 0 Å². The van der Waals surface area contributed by atoms with Crippen LogP contribution >= 0.6 is 11.5 Å². The second-order valence-corrected chi connectivity index (χ2v) is 4.05. The summed E-state index contributed by atoms with van der Waals surface area (Å²) in [4.78, 5) is 1.11. The van der Waals surface area contributed by atoms with Crippen LogP contribution in [0.15, 0.2) is 6.20 Å². The van der Waals surface area contributed by atoms with Gasteiger partial charge in [-0.25, -0.2) is 0 Å². The van der Waals surface area contributed by atoms with Crippen molar-refractivity contribution in [1.82, 2.24) is 15.0 Å². The third-order valence-corrected chi connectivity index (χ3v) is 2.92. The molecule has 3 N–H and O–H groups in total. The first-order valence-corrected chi connectivity index (χ1v) is 5.30. The number of rotatable bonds is 5. The van der Waals surface area contributed by atoms with Gasteiger partial charge in [0.1, 0.15) is 0 Å². The van der Waals surface area contributed by atoms with Crippen molar-refractivity contribution in [2.75, 3.05) is 0 Å². The second-order valence-electron chi connectivity index (χ2n) is 3.23. The summed E-state index contributed by atoms with van der Waals surface area (Å²) in [5, 5.41) is 3.81. The highest BCUT2D eigenvalue weighted by Crippen LogP contribution is 2.25. The first-order valence-electron chi connectivity index (χ1n) is 4.53. The van der Waals surface area contributed by atoms with Crippen molar-refractivity contribution < 1.29 is 0 Å². The highest BCUT2D eigenvalue weighted by Gasteiger charge is 2.18. The maximum Gasteiger partial charge on any atom is 0.0669 e. The summed E-state index contributed by atoms with van der Waals surface area (Å²) in [6, 6.07) is 0.194. The average molecular weight is 200 g/mol. The van der Waals surface area contributed by atoms with E-state index in [1.165, 1.54) is 18.0 Å². The Morgan fingerprint density at radius 1 is 1.69 bits per heavy atom. The zero-order valence-corrected chi connectivity index (χ0v) is 8.84. The summed E-state index contributed by atoms with van der Waals surface area (Å²) in [5.41, 5.74) is 2.82. The second kappa shape index (κ2) is 5.26. The van der Waals surface area contributed by atoms with Gasteiger partial charge in [-0.2, -0.15) is 0 Å². The summed E-state index contributed by atoms with van der Waals surface area (Å²) >= 11 is 1.41. The van der Waals surface area contributed by atoms with E-state index in [2.05, 4.69) is 28.9 Å². The summed E-state index contributed by atoms with van der Waals surface area (Å²) in [6.07, 6.45) is 4.11. The first kappa shape index (κ1) is 10.6. The van der Waals surface area contributed by atoms with E-state index in [4.69, 9.17) is 5.84 Å². The van der Waals surface area contributed by atoms with Crippen LogP contribution in [0.4, 0.5) is 0 Å². The Bertz CT molecular complexity index is 224. The minimum absolute atomic E-state index is 0.194. The Morgan fingerprint density at radius 2 is 2.46 bits per heavy atom. The molecule has 5 heteroatoms. The molecular weight excluding hydrogens is 184 g/mol. The van der Waals surface area contributed by atoms with E-state index in [-0.39, 0.29) is 6.04 Å². The molecule has 0 aliphatic carbocycles. The van der Waals surface area contributed by atoms with E-state index in [0.29, 0.717) is 5.92 Å². The van der Waals surface area contributed by atoms with E-state index in [1.54, 1.807) is 6.20 Å². The molecule has 0 aliphatic heterocycles. The Morgan fingerprint density at radius 3 is 2.92 bits per heavy atom. The number of aromatic nitrogens is 2. The van der Waals surface area contributed by atoms with E-state index < -0.39 is 0 Å². The Kier molecular flexibility index (Phi) is 4.27. The number of nitrogens with zero attached hydrogens (tertiary/aromatic N) is 2. The van der Waals surface area contributed by atoms with Crippen molar-refractivity contribution in [2.45, 2.75) is 32.7 Å². The Balaban J connectivity index is 2.62. The molecule has 2 unspecified atom stereocenters. The normalized spacial score (nSPS) is 15.6. The van der Waals surface area contributed by atoms with Gasteiger partial charge in [-0.1, -0.05) is 24.8 Å². The van der Waals surface area contributed by atoms with E-state index in [1.807, 2.05) is 0 Å². The van der Waals surface area contributed by atoms with Crippen molar-refractivity contribution in [3.8, 4) is 0 Å². The highest BCUT2D eigenvalue weighted by atomic mass is 32.1. The predicted molar refractivity (Wildman–Crippen MR) is 54.0 cm³/mol. The van der Waals surface area contributed by atoms with Crippen LogP contribution in [-0.4, -0.2) is 9.59 Å². The van der Waals surface area contributed by atoms with Crippen LogP contribution in [-0.2, 0) is 0 Å². The maximum atomic E-state index is 5.50. The van der Waals surface area contributed by atoms with Crippen LogP contribution in [0.5, 0.6) is 0 Å². The van der Waals surface area contributed by atoms with Crippen molar-refractivity contribution >= 4 is 11.5 Å². The number of nitrogens with one attached hydrogen (secondary N) is 1. The molecular formula is C8H16N4S. The van der Waals surface area contributed by atoms with Gasteiger partial charge in [-0.15, -0.1) is 5.10 Å². The van der Waals surface area contributed by atoms with Gasteiger partial charge < -0.3 is 0 Å². The zero-order chi connectivity index (χ0) is 9.68. The van der Waals surface area contributed by atoms with Gasteiger partial charge >= 0.3 is 0 Å². The lowest BCUT2D eigenvalue weighted by atomic mass is 9.97. The molecule has 2 atom stereocenters. The molecule has 0 saturated carbocycles. The van der Waals surface area contributed by atoms with Gasteiger partial charge in [-0.3, -0.25) is 11.3 Å². The van der Waals surface area contributed by atoms with Gasteiger partial charge in [0, 0.05) is 0 Å². The summed E-state index contributed by atoms with van der Waals surface area (Å²) in [6.45, 7) is 4.36. The molecule has 0 aliphatic rings. The van der Waals surface area contributed by atoms with Gasteiger partial charge in [0.25, 0.3) is 0 Å². The highest BCUT2D eigenvalue weighted by molar-refractivity contribution is 7.05. The molecule has 0 bridgehead atoms. The number of nitrogens with two attached hydrogens (primary N) is 1. The maximum absolute atomic E-state index is 5.50.